The minimum absolute atomic E-state index is 0.152. The standard InChI is InChI=1S/C8H9BrFNO/c1-5(9)6-3-7(12-2)8(10)11-4-6/h3-5H,1-2H3. The molecule has 0 saturated heterocycles. The molecule has 1 rings (SSSR count). The predicted molar refractivity (Wildman–Crippen MR) is 48.1 cm³/mol. The molecule has 0 radical (unpaired) electrons. The summed E-state index contributed by atoms with van der Waals surface area (Å²) in [7, 11) is 1.42. The van der Waals surface area contributed by atoms with E-state index in [0.717, 1.165) is 5.56 Å². The third-order valence-corrected chi connectivity index (χ3v) is 2.04. The Balaban J connectivity index is 3.05. The molecule has 1 unspecified atom stereocenters. The zero-order chi connectivity index (χ0) is 9.14. The molecule has 1 aromatic heterocycles. The Hall–Kier alpha value is -0.640. The van der Waals surface area contributed by atoms with E-state index in [1.165, 1.54) is 13.3 Å². The minimum Gasteiger partial charge on any atom is -0.492 e. The molecule has 66 valence electrons. The van der Waals surface area contributed by atoms with E-state index in [1.54, 1.807) is 6.07 Å². The van der Waals surface area contributed by atoms with Gasteiger partial charge < -0.3 is 4.74 Å². The van der Waals surface area contributed by atoms with Crippen LogP contribution in [0.1, 0.15) is 17.3 Å². The third kappa shape index (κ3) is 1.94. The Bertz CT molecular complexity index is 278. The summed E-state index contributed by atoms with van der Waals surface area (Å²) in [6.45, 7) is 1.94. The fourth-order valence-corrected chi connectivity index (χ4v) is 1.05. The number of aromatic nitrogens is 1. The molecule has 1 aromatic rings. The van der Waals surface area contributed by atoms with Gasteiger partial charge in [0.1, 0.15) is 0 Å². The van der Waals surface area contributed by atoms with Crippen LogP contribution in [0.3, 0.4) is 0 Å². The van der Waals surface area contributed by atoms with Gasteiger partial charge in [-0.1, -0.05) is 15.9 Å². The zero-order valence-corrected chi connectivity index (χ0v) is 8.43. The van der Waals surface area contributed by atoms with Crippen LogP contribution in [0.2, 0.25) is 0 Å². The number of ether oxygens (including phenoxy) is 1. The summed E-state index contributed by atoms with van der Waals surface area (Å²) in [5, 5.41) is 0. The van der Waals surface area contributed by atoms with Gasteiger partial charge in [-0.2, -0.15) is 4.39 Å². The quantitative estimate of drug-likeness (QED) is 0.579. The van der Waals surface area contributed by atoms with Crippen molar-refractivity contribution < 1.29 is 9.13 Å². The minimum atomic E-state index is -0.575. The summed E-state index contributed by atoms with van der Waals surface area (Å²) in [4.78, 5) is 3.70. The second kappa shape index (κ2) is 3.85. The monoisotopic (exact) mass is 233 g/mol. The van der Waals surface area contributed by atoms with Crippen molar-refractivity contribution in [1.29, 1.82) is 0 Å². The summed E-state index contributed by atoms with van der Waals surface area (Å²) in [5.41, 5.74) is 0.897. The number of alkyl halides is 1. The summed E-state index contributed by atoms with van der Waals surface area (Å²) in [6, 6.07) is 1.63. The van der Waals surface area contributed by atoms with Crippen LogP contribution in [0.4, 0.5) is 4.39 Å². The molecule has 1 heterocycles. The maximum Gasteiger partial charge on any atom is 0.255 e. The van der Waals surface area contributed by atoms with Gasteiger partial charge in [0, 0.05) is 11.0 Å². The van der Waals surface area contributed by atoms with Crippen molar-refractivity contribution in [1.82, 2.24) is 4.98 Å². The van der Waals surface area contributed by atoms with Crippen LogP contribution in [-0.2, 0) is 0 Å². The lowest BCUT2D eigenvalue weighted by Gasteiger charge is -2.05. The average Bonchev–Trinajstić information content (AvgIpc) is 2.05. The normalized spacial score (nSPS) is 12.7. The summed E-state index contributed by atoms with van der Waals surface area (Å²) < 4.78 is 17.6. The predicted octanol–water partition coefficient (Wildman–Crippen LogP) is 2.69. The van der Waals surface area contributed by atoms with Crippen LogP contribution in [-0.4, -0.2) is 12.1 Å². The molecule has 1 atom stereocenters. The first-order valence-electron chi connectivity index (χ1n) is 3.48. The van der Waals surface area contributed by atoms with Crippen molar-refractivity contribution in [2.45, 2.75) is 11.8 Å². The molecule has 0 aliphatic heterocycles. The first kappa shape index (κ1) is 9.45. The second-order valence-corrected chi connectivity index (χ2v) is 3.75. The van der Waals surface area contributed by atoms with Gasteiger partial charge in [0.2, 0.25) is 0 Å². The number of nitrogens with zero attached hydrogens (tertiary/aromatic N) is 1. The largest absolute Gasteiger partial charge is 0.492 e. The maximum atomic E-state index is 12.8. The molecule has 0 saturated carbocycles. The number of methoxy groups -OCH3 is 1. The van der Waals surface area contributed by atoms with Crippen molar-refractivity contribution in [3.05, 3.63) is 23.8 Å². The fourth-order valence-electron chi connectivity index (χ4n) is 0.804. The Morgan fingerprint density at radius 2 is 2.33 bits per heavy atom. The number of rotatable bonds is 2. The Morgan fingerprint density at radius 3 is 2.83 bits per heavy atom. The van der Waals surface area contributed by atoms with Gasteiger partial charge in [0.25, 0.3) is 5.95 Å². The number of pyridine rings is 1. The van der Waals surface area contributed by atoms with E-state index >= 15 is 0 Å². The second-order valence-electron chi connectivity index (χ2n) is 2.38. The van der Waals surface area contributed by atoms with Gasteiger partial charge in [0.05, 0.1) is 7.11 Å². The molecule has 2 nitrogen and oxygen atoms in total. The summed E-state index contributed by atoms with van der Waals surface area (Å²) >= 11 is 3.35. The van der Waals surface area contributed by atoms with E-state index in [-0.39, 0.29) is 10.6 Å². The highest BCUT2D eigenvalue weighted by molar-refractivity contribution is 9.09. The van der Waals surface area contributed by atoms with Gasteiger partial charge >= 0.3 is 0 Å². The Morgan fingerprint density at radius 1 is 1.67 bits per heavy atom. The molecule has 0 fully saturated rings. The van der Waals surface area contributed by atoms with Crippen molar-refractivity contribution in [3.8, 4) is 5.75 Å². The van der Waals surface area contributed by atoms with Gasteiger partial charge in [-0.3, -0.25) is 0 Å². The van der Waals surface area contributed by atoms with Gasteiger partial charge in [0.15, 0.2) is 5.75 Å². The van der Waals surface area contributed by atoms with Crippen LogP contribution in [0.15, 0.2) is 12.3 Å². The summed E-state index contributed by atoms with van der Waals surface area (Å²) in [5.74, 6) is -0.395. The molecule has 0 amide bonds. The van der Waals surface area contributed by atoms with Crippen molar-refractivity contribution in [3.63, 3.8) is 0 Å². The average molecular weight is 234 g/mol. The van der Waals surface area contributed by atoms with E-state index in [0.29, 0.717) is 0 Å². The first-order chi connectivity index (χ1) is 5.65. The number of halogens is 2. The van der Waals surface area contributed by atoms with E-state index < -0.39 is 5.95 Å². The van der Waals surface area contributed by atoms with Gasteiger partial charge in [-0.25, -0.2) is 4.98 Å². The lowest BCUT2D eigenvalue weighted by atomic mass is 10.2. The number of hydrogen-bond acceptors (Lipinski definition) is 2. The highest BCUT2D eigenvalue weighted by Gasteiger charge is 2.07. The van der Waals surface area contributed by atoms with Crippen LogP contribution in [0, 0.1) is 5.95 Å². The summed E-state index contributed by atoms with van der Waals surface area (Å²) in [6.07, 6.45) is 1.48. The van der Waals surface area contributed by atoms with Crippen molar-refractivity contribution >= 4 is 15.9 Å². The Kier molecular flexibility index (Phi) is 3.03. The topological polar surface area (TPSA) is 22.1 Å². The van der Waals surface area contributed by atoms with E-state index in [9.17, 15) is 4.39 Å². The number of hydrogen-bond donors (Lipinski definition) is 0. The molecule has 0 N–H and O–H groups in total. The lowest BCUT2D eigenvalue weighted by molar-refractivity contribution is 0.377. The van der Waals surface area contributed by atoms with Crippen LogP contribution < -0.4 is 4.74 Å². The van der Waals surface area contributed by atoms with E-state index in [2.05, 4.69) is 20.9 Å². The molecular formula is C8H9BrFNO. The molecule has 4 heteroatoms. The van der Waals surface area contributed by atoms with Gasteiger partial charge in [-0.15, -0.1) is 0 Å². The lowest BCUT2D eigenvalue weighted by Crippen LogP contribution is -1.94. The molecule has 0 bridgehead atoms. The van der Waals surface area contributed by atoms with Crippen LogP contribution >= 0.6 is 15.9 Å². The SMILES string of the molecule is COc1cc(C(C)Br)cnc1F. The molecule has 0 aromatic carbocycles. The van der Waals surface area contributed by atoms with E-state index in [4.69, 9.17) is 4.74 Å². The van der Waals surface area contributed by atoms with Crippen LogP contribution in [0.25, 0.3) is 0 Å². The highest BCUT2D eigenvalue weighted by atomic mass is 79.9. The fraction of sp³-hybridized carbons (Fsp3) is 0.375. The van der Waals surface area contributed by atoms with E-state index in [1.807, 2.05) is 6.92 Å². The third-order valence-electron chi connectivity index (χ3n) is 1.51. The van der Waals surface area contributed by atoms with Gasteiger partial charge in [-0.05, 0) is 18.6 Å². The van der Waals surface area contributed by atoms with Crippen molar-refractivity contribution in [2.24, 2.45) is 0 Å². The smallest absolute Gasteiger partial charge is 0.255 e. The molecule has 0 aliphatic carbocycles. The molecule has 12 heavy (non-hydrogen) atoms. The first-order valence-corrected chi connectivity index (χ1v) is 4.40. The zero-order valence-electron chi connectivity index (χ0n) is 6.84. The molecule has 0 spiro atoms. The highest BCUT2D eigenvalue weighted by Crippen LogP contribution is 2.25. The molecule has 0 aliphatic rings. The Labute approximate surface area is 78.9 Å². The van der Waals surface area contributed by atoms with Crippen molar-refractivity contribution in [2.75, 3.05) is 7.11 Å². The maximum absolute atomic E-state index is 12.8. The molecular weight excluding hydrogens is 225 g/mol. The van der Waals surface area contributed by atoms with Crippen LogP contribution in [0.5, 0.6) is 5.75 Å².